The van der Waals surface area contributed by atoms with Crippen molar-refractivity contribution in [1.82, 2.24) is 4.90 Å². The number of hydrogen-bond acceptors (Lipinski definition) is 2. The first-order chi connectivity index (χ1) is 6.52. The van der Waals surface area contributed by atoms with Crippen LogP contribution in [0.1, 0.15) is 13.8 Å². The van der Waals surface area contributed by atoms with E-state index < -0.39 is 0 Å². The Labute approximate surface area is 85.6 Å². The normalized spacial score (nSPS) is 17.8. The number of ketones is 1. The van der Waals surface area contributed by atoms with Gasteiger partial charge in [0.25, 0.3) is 0 Å². The Morgan fingerprint density at radius 2 is 1.50 bits per heavy atom. The molecule has 14 heavy (non-hydrogen) atoms. The molecule has 76 valence electrons. The topological polar surface area (TPSA) is 20.3 Å². The molecule has 0 spiro atoms. The molecule has 2 nitrogen and oxygen atoms in total. The highest BCUT2D eigenvalue weighted by Crippen LogP contribution is 2.31. The quantitative estimate of drug-likeness (QED) is 0.631. The van der Waals surface area contributed by atoms with E-state index in [1.165, 1.54) is 25.0 Å². The van der Waals surface area contributed by atoms with E-state index in [4.69, 9.17) is 0 Å². The molecule has 0 radical (unpaired) electrons. The van der Waals surface area contributed by atoms with E-state index >= 15 is 0 Å². The van der Waals surface area contributed by atoms with Gasteiger partial charge in [0.05, 0.1) is 6.04 Å². The van der Waals surface area contributed by atoms with Crippen LogP contribution in [0.15, 0.2) is 35.5 Å². The van der Waals surface area contributed by atoms with Crippen LogP contribution in [0.5, 0.6) is 0 Å². The molecule has 0 aromatic rings. The molecule has 2 heteroatoms. The molecule has 0 saturated heterocycles. The van der Waals surface area contributed by atoms with Gasteiger partial charge < -0.3 is 4.79 Å². The van der Waals surface area contributed by atoms with Gasteiger partial charge in [0.1, 0.15) is 5.78 Å². The Morgan fingerprint density at radius 1 is 1.14 bits per heavy atom. The zero-order valence-electron chi connectivity index (χ0n) is 9.24. The van der Waals surface area contributed by atoms with Gasteiger partial charge in [0, 0.05) is 0 Å². The molecule has 0 saturated carbocycles. The molecule has 0 atom stereocenters. The van der Waals surface area contributed by atoms with Crippen LogP contribution in [0.3, 0.4) is 0 Å². The van der Waals surface area contributed by atoms with Gasteiger partial charge in [-0.3, -0.25) is 4.90 Å². The first-order valence-corrected chi connectivity index (χ1v) is 4.76. The molecule has 0 heterocycles. The van der Waals surface area contributed by atoms with Gasteiger partial charge in [-0.05, 0) is 39.1 Å². The van der Waals surface area contributed by atoms with E-state index in [0.29, 0.717) is 6.04 Å². The molecule has 0 amide bonds. The van der Waals surface area contributed by atoms with E-state index in [0.717, 1.165) is 0 Å². The number of fused-ring (bicyclic) bond motifs is 2. The summed E-state index contributed by atoms with van der Waals surface area (Å²) < 4.78 is 0. The van der Waals surface area contributed by atoms with Gasteiger partial charge in [0.2, 0.25) is 0 Å². The third kappa shape index (κ3) is 2.42. The van der Waals surface area contributed by atoms with Crippen LogP contribution in [0.2, 0.25) is 0 Å². The molecule has 2 bridgehead atoms. The summed E-state index contributed by atoms with van der Waals surface area (Å²) in [5, 5.41) is 0. The van der Waals surface area contributed by atoms with Crippen molar-refractivity contribution in [3.8, 4) is 0 Å². The molecular formula is C12H17NO. The van der Waals surface area contributed by atoms with Gasteiger partial charge in [-0.2, -0.15) is 0 Å². The lowest BCUT2D eigenvalue weighted by Crippen LogP contribution is -2.26. The molecule has 0 aliphatic heterocycles. The maximum atomic E-state index is 9.44. The summed E-state index contributed by atoms with van der Waals surface area (Å²) in [5.41, 5.74) is 2.86. The zero-order valence-corrected chi connectivity index (χ0v) is 9.24. The number of allylic oxidation sites excluding steroid dienone is 2. The summed E-state index contributed by atoms with van der Waals surface area (Å²) >= 11 is 0. The lowest BCUT2D eigenvalue weighted by atomic mass is 10.1. The summed E-state index contributed by atoms with van der Waals surface area (Å²) in [4.78, 5) is 11.7. The molecule has 0 fully saturated rings. The van der Waals surface area contributed by atoms with Crippen LogP contribution in [0.25, 0.3) is 0 Å². The number of likely N-dealkylation sites (N-methyl/N-ethyl adjacent to an activating group) is 1. The minimum atomic E-state index is 0.167. The predicted octanol–water partition coefficient (Wildman–Crippen LogP) is 1.95. The van der Waals surface area contributed by atoms with E-state index in [-0.39, 0.29) is 5.78 Å². The standard InChI is InChI=1S/C9H11N.C3H6O/c1-10(2)9-7-3-4-8(9)6-5-7;1-3(2)4/h3-6,9H,1-2H3;1-2H3. The van der Waals surface area contributed by atoms with Crippen LogP contribution in [-0.2, 0) is 4.79 Å². The average molecular weight is 191 g/mol. The highest BCUT2D eigenvalue weighted by molar-refractivity contribution is 5.72. The Morgan fingerprint density at radius 3 is 1.64 bits per heavy atom. The van der Waals surface area contributed by atoms with Gasteiger partial charge in [-0.25, -0.2) is 0 Å². The molecule has 0 aromatic heterocycles. The first kappa shape index (κ1) is 10.9. The number of Topliss-reactive ketones (excluding diaryl/α,β-unsaturated/α-hetero) is 1. The van der Waals surface area contributed by atoms with E-state index in [2.05, 4.69) is 43.3 Å². The first-order valence-electron chi connectivity index (χ1n) is 4.76. The van der Waals surface area contributed by atoms with Crippen molar-refractivity contribution in [3.05, 3.63) is 35.5 Å². The number of hydrogen-bond donors (Lipinski definition) is 0. The van der Waals surface area contributed by atoms with Crippen LogP contribution >= 0.6 is 0 Å². The number of rotatable bonds is 1. The van der Waals surface area contributed by atoms with Crippen LogP contribution in [0.4, 0.5) is 0 Å². The van der Waals surface area contributed by atoms with Crippen molar-refractivity contribution in [3.63, 3.8) is 0 Å². The third-order valence-electron chi connectivity index (χ3n) is 2.08. The molecule has 0 aromatic carbocycles. The predicted molar refractivity (Wildman–Crippen MR) is 59.1 cm³/mol. The van der Waals surface area contributed by atoms with Crippen molar-refractivity contribution < 1.29 is 4.79 Å². The Kier molecular flexibility index (Phi) is 3.42. The molecule has 2 aliphatic carbocycles. The fraction of sp³-hybridized carbons (Fsp3) is 0.417. The Hall–Kier alpha value is -1.15. The Balaban J connectivity index is 0.000000213. The largest absolute Gasteiger partial charge is 0.300 e. The maximum absolute atomic E-state index is 9.44. The van der Waals surface area contributed by atoms with Crippen molar-refractivity contribution >= 4 is 5.78 Å². The smallest absolute Gasteiger partial charge is 0.126 e. The van der Waals surface area contributed by atoms with Gasteiger partial charge in [0.15, 0.2) is 0 Å². The lowest BCUT2D eigenvalue weighted by Gasteiger charge is -2.19. The van der Waals surface area contributed by atoms with Gasteiger partial charge in [-0.15, -0.1) is 0 Å². The highest BCUT2D eigenvalue weighted by Gasteiger charge is 2.25. The third-order valence-corrected chi connectivity index (χ3v) is 2.08. The summed E-state index contributed by atoms with van der Waals surface area (Å²) in [5.74, 6) is 0.167. The summed E-state index contributed by atoms with van der Waals surface area (Å²) in [6.07, 6.45) is 8.78. The minimum Gasteiger partial charge on any atom is -0.300 e. The van der Waals surface area contributed by atoms with Crippen molar-refractivity contribution in [2.75, 3.05) is 14.1 Å². The second-order valence-corrected chi connectivity index (χ2v) is 3.94. The second kappa shape index (κ2) is 4.38. The molecule has 2 rings (SSSR count). The SMILES string of the molecule is CC(C)=O.CN(C)C1C2=CC=C1C=C2. The Bertz CT molecular complexity index is 295. The van der Waals surface area contributed by atoms with Crippen LogP contribution < -0.4 is 0 Å². The van der Waals surface area contributed by atoms with Crippen molar-refractivity contribution in [2.45, 2.75) is 19.9 Å². The van der Waals surface area contributed by atoms with Gasteiger partial charge >= 0.3 is 0 Å². The minimum absolute atomic E-state index is 0.167. The van der Waals surface area contributed by atoms with Crippen LogP contribution in [-0.4, -0.2) is 30.8 Å². The van der Waals surface area contributed by atoms with Crippen molar-refractivity contribution in [1.29, 1.82) is 0 Å². The number of nitrogens with zero attached hydrogens (tertiary/aromatic N) is 1. The summed E-state index contributed by atoms with van der Waals surface area (Å²) in [6, 6.07) is 0.556. The summed E-state index contributed by atoms with van der Waals surface area (Å²) in [7, 11) is 4.23. The number of carbonyl (C=O) groups is 1. The number of carbonyl (C=O) groups excluding carboxylic acids is 1. The molecule has 0 unspecified atom stereocenters. The van der Waals surface area contributed by atoms with E-state index in [1.54, 1.807) is 0 Å². The monoisotopic (exact) mass is 191 g/mol. The van der Waals surface area contributed by atoms with E-state index in [9.17, 15) is 4.79 Å². The average Bonchev–Trinajstić information content (AvgIpc) is 2.59. The van der Waals surface area contributed by atoms with Crippen molar-refractivity contribution in [2.24, 2.45) is 0 Å². The fourth-order valence-electron chi connectivity index (χ4n) is 1.65. The second-order valence-electron chi connectivity index (χ2n) is 3.94. The summed E-state index contributed by atoms with van der Waals surface area (Å²) in [6.45, 7) is 3.06. The van der Waals surface area contributed by atoms with Gasteiger partial charge in [-0.1, -0.05) is 24.3 Å². The maximum Gasteiger partial charge on any atom is 0.126 e. The molecule has 2 aliphatic rings. The zero-order chi connectivity index (χ0) is 10.7. The fourth-order valence-corrected chi connectivity index (χ4v) is 1.65. The molecular weight excluding hydrogens is 174 g/mol. The van der Waals surface area contributed by atoms with Crippen LogP contribution in [0, 0.1) is 0 Å². The highest BCUT2D eigenvalue weighted by atomic mass is 16.1. The lowest BCUT2D eigenvalue weighted by molar-refractivity contribution is -0.114. The van der Waals surface area contributed by atoms with E-state index in [1.807, 2.05) is 0 Å². The molecule has 0 N–H and O–H groups in total.